The second-order valence-electron chi connectivity index (χ2n) is 10.0. The van der Waals surface area contributed by atoms with E-state index in [-0.39, 0.29) is 12.1 Å². The number of piperidine rings is 1. The first kappa shape index (κ1) is 25.7. The number of hydrogen-bond donors (Lipinski definition) is 2. The molecule has 2 saturated heterocycles. The van der Waals surface area contributed by atoms with Crippen LogP contribution in [0.2, 0.25) is 0 Å². The monoisotopic (exact) mass is 499 g/mol. The molecule has 0 aromatic carbocycles. The van der Waals surface area contributed by atoms with E-state index in [2.05, 4.69) is 20.5 Å². The molecule has 196 valence electrons. The van der Waals surface area contributed by atoms with Crippen molar-refractivity contribution in [1.29, 1.82) is 0 Å². The van der Waals surface area contributed by atoms with E-state index in [1.165, 1.54) is 0 Å². The second kappa shape index (κ2) is 11.2. The van der Waals surface area contributed by atoms with Crippen LogP contribution in [0.15, 0.2) is 18.3 Å². The Labute approximate surface area is 212 Å². The summed E-state index contributed by atoms with van der Waals surface area (Å²) in [5.41, 5.74) is 1.10. The summed E-state index contributed by atoms with van der Waals surface area (Å²) >= 11 is 0. The van der Waals surface area contributed by atoms with E-state index >= 15 is 0 Å². The maximum absolute atomic E-state index is 12.7. The summed E-state index contributed by atoms with van der Waals surface area (Å²) in [7, 11) is 1.58. The highest BCUT2D eigenvalue weighted by Gasteiger charge is 2.29. The van der Waals surface area contributed by atoms with Gasteiger partial charge in [0, 0.05) is 44.0 Å². The minimum atomic E-state index is -0.526. The van der Waals surface area contributed by atoms with Crippen molar-refractivity contribution >= 4 is 29.4 Å². The van der Waals surface area contributed by atoms with Gasteiger partial charge in [0.05, 0.1) is 20.3 Å². The average Bonchev–Trinajstić information content (AvgIpc) is 2.86. The zero-order valence-electron chi connectivity index (χ0n) is 21.8. The van der Waals surface area contributed by atoms with Crippen molar-refractivity contribution < 1.29 is 19.0 Å². The van der Waals surface area contributed by atoms with Crippen LogP contribution in [0.3, 0.4) is 0 Å². The lowest BCUT2D eigenvalue weighted by Gasteiger charge is -2.35. The zero-order valence-corrected chi connectivity index (χ0v) is 21.8. The van der Waals surface area contributed by atoms with Crippen LogP contribution >= 0.6 is 0 Å². The van der Waals surface area contributed by atoms with E-state index in [0.29, 0.717) is 43.8 Å². The molecule has 11 nitrogen and oxygen atoms in total. The predicted molar refractivity (Wildman–Crippen MR) is 138 cm³/mol. The SMILES string of the molecule is COc1ncccc1Nc1nc(NC2CCCN(C(=O)OC(C)(C)C)C2)c(C)c(N2CCOCC2)n1. The minimum Gasteiger partial charge on any atom is -0.480 e. The summed E-state index contributed by atoms with van der Waals surface area (Å²) in [5, 5.41) is 6.85. The molecule has 0 aliphatic carbocycles. The number of nitrogens with one attached hydrogen (secondary N) is 2. The Morgan fingerprint density at radius 2 is 1.97 bits per heavy atom. The maximum Gasteiger partial charge on any atom is 0.410 e. The molecule has 2 aromatic heterocycles. The normalized spacial score (nSPS) is 18.5. The Balaban J connectivity index is 1.59. The van der Waals surface area contributed by atoms with Crippen molar-refractivity contribution in [2.45, 2.75) is 52.2 Å². The number of nitrogens with zero attached hydrogens (tertiary/aromatic N) is 5. The highest BCUT2D eigenvalue weighted by molar-refractivity contribution is 5.69. The van der Waals surface area contributed by atoms with Gasteiger partial charge in [-0.3, -0.25) is 0 Å². The molecule has 2 fully saturated rings. The number of likely N-dealkylation sites (tertiary alicyclic amines) is 1. The first-order valence-electron chi connectivity index (χ1n) is 12.5. The highest BCUT2D eigenvalue weighted by atomic mass is 16.6. The third kappa shape index (κ3) is 6.45. The van der Waals surface area contributed by atoms with Gasteiger partial charge in [-0.1, -0.05) is 0 Å². The van der Waals surface area contributed by atoms with Gasteiger partial charge >= 0.3 is 6.09 Å². The van der Waals surface area contributed by atoms with E-state index in [4.69, 9.17) is 24.2 Å². The summed E-state index contributed by atoms with van der Waals surface area (Å²) < 4.78 is 16.5. The van der Waals surface area contributed by atoms with Gasteiger partial charge in [0.15, 0.2) is 0 Å². The fraction of sp³-hybridized carbons (Fsp3) is 0.600. The molecule has 2 N–H and O–H groups in total. The lowest BCUT2D eigenvalue weighted by molar-refractivity contribution is 0.0206. The molecule has 4 heterocycles. The van der Waals surface area contributed by atoms with Crippen molar-refractivity contribution in [3.8, 4) is 5.88 Å². The predicted octanol–water partition coefficient (Wildman–Crippen LogP) is 3.58. The van der Waals surface area contributed by atoms with E-state index in [0.717, 1.165) is 43.1 Å². The van der Waals surface area contributed by atoms with E-state index in [1.54, 1.807) is 18.2 Å². The van der Waals surface area contributed by atoms with Crippen LogP contribution in [0, 0.1) is 6.92 Å². The average molecular weight is 500 g/mol. The largest absolute Gasteiger partial charge is 0.480 e. The van der Waals surface area contributed by atoms with Crippen molar-refractivity contribution in [1.82, 2.24) is 19.9 Å². The fourth-order valence-electron chi connectivity index (χ4n) is 4.33. The highest BCUT2D eigenvalue weighted by Crippen LogP contribution is 2.30. The molecule has 0 saturated carbocycles. The third-order valence-electron chi connectivity index (χ3n) is 6.06. The Hall–Kier alpha value is -3.34. The molecule has 2 aliphatic rings. The Bertz CT molecular complexity index is 1050. The van der Waals surface area contributed by atoms with Gasteiger partial charge in [-0.2, -0.15) is 9.97 Å². The van der Waals surface area contributed by atoms with Crippen LogP contribution in [-0.4, -0.2) is 84.1 Å². The third-order valence-corrected chi connectivity index (χ3v) is 6.06. The second-order valence-corrected chi connectivity index (χ2v) is 10.0. The number of carbonyl (C=O) groups is 1. The summed E-state index contributed by atoms with van der Waals surface area (Å²) in [5.74, 6) is 2.48. The van der Waals surface area contributed by atoms with Crippen molar-refractivity contribution in [3.63, 3.8) is 0 Å². The molecule has 1 unspecified atom stereocenters. The molecule has 2 aliphatic heterocycles. The Kier molecular flexibility index (Phi) is 7.97. The molecule has 0 bridgehead atoms. The molecule has 11 heteroatoms. The van der Waals surface area contributed by atoms with Crippen LogP contribution in [0.5, 0.6) is 5.88 Å². The molecule has 0 spiro atoms. The Morgan fingerprint density at radius 3 is 2.69 bits per heavy atom. The van der Waals surface area contributed by atoms with Crippen molar-refractivity contribution in [2.24, 2.45) is 0 Å². The number of carbonyl (C=O) groups excluding carboxylic acids is 1. The number of aromatic nitrogens is 3. The van der Waals surface area contributed by atoms with Crippen molar-refractivity contribution in [2.75, 3.05) is 62.0 Å². The molecular formula is C25H37N7O4. The summed E-state index contributed by atoms with van der Waals surface area (Å²) in [6.45, 7) is 11.7. The van der Waals surface area contributed by atoms with Gasteiger partial charge in [0.1, 0.15) is 22.9 Å². The van der Waals surface area contributed by atoms with Crippen LogP contribution < -0.4 is 20.3 Å². The van der Waals surface area contributed by atoms with Gasteiger partial charge in [-0.15, -0.1) is 0 Å². The van der Waals surface area contributed by atoms with Gasteiger partial charge in [0.2, 0.25) is 11.8 Å². The van der Waals surface area contributed by atoms with Crippen LogP contribution in [-0.2, 0) is 9.47 Å². The molecule has 1 amide bonds. The number of amides is 1. The first-order valence-corrected chi connectivity index (χ1v) is 12.5. The number of methoxy groups -OCH3 is 1. The lowest BCUT2D eigenvalue weighted by Crippen LogP contribution is -2.47. The summed E-state index contributed by atoms with van der Waals surface area (Å²) in [6, 6.07) is 3.74. The summed E-state index contributed by atoms with van der Waals surface area (Å²) in [6.07, 6.45) is 3.20. The number of rotatable bonds is 6. The minimum absolute atomic E-state index is 0.0400. The van der Waals surface area contributed by atoms with E-state index in [9.17, 15) is 4.79 Å². The van der Waals surface area contributed by atoms with Gasteiger partial charge in [0.25, 0.3) is 0 Å². The van der Waals surface area contributed by atoms with Gasteiger partial charge in [-0.05, 0) is 52.7 Å². The molecule has 2 aromatic rings. The number of anilines is 4. The van der Waals surface area contributed by atoms with E-state index in [1.807, 2.05) is 39.8 Å². The molecular weight excluding hydrogens is 462 g/mol. The Morgan fingerprint density at radius 1 is 1.19 bits per heavy atom. The number of ether oxygens (including phenoxy) is 3. The number of morpholine rings is 1. The molecule has 1 atom stereocenters. The van der Waals surface area contributed by atoms with E-state index < -0.39 is 5.60 Å². The van der Waals surface area contributed by atoms with Crippen LogP contribution in [0.25, 0.3) is 0 Å². The number of pyridine rings is 1. The summed E-state index contributed by atoms with van der Waals surface area (Å²) in [4.78, 5) is 30.6. The topological polar surface area (TPSA) is 114 Å². The zero-order chi connectivity index (χ0) is 25.7. The van der Waals surface area contributed by atoms with Crippen LogP contribution in [0.4, 0.5) is 28.1 Å². The first-order chi connectivity index (χ1) is 17.2. The smallest absolute Gasteiger partial charge is 0.410 e. The molecule has 36 heavy (non-hydrogen) atoms. The standard InChI is InChI=1S/C25H37N7O4/c1-17-20(27-18-8-7-11-32(16-18)24(33)36-25(2,3)4)29-23(28-19-9-6-10-26-22(19)34-5)30-21(17)31-12-14-35-15-13-31/h6,9-10,18H,7-8,11-16H2,1-5H3,(H2,27,28,29,30). The maximum atomic E-state index is 12.7. The van der Waals surface area contributed by atoms with Crippen molar-refractivity contribution in [3.05, 3.63) is 23.9 Å². The molecule has 0 radical (unpaired) electrons. The van der Waals surface area contributed by atoms with Gasteiger partial charge < -0.3 is 34.6 Å². The lowest BCUT2D eigenvalue weighted by atomic mass is 10.1. The number of hydrogen-bond acceptors (Lipinski definition) is 10. The fourth-order valence-corrected chi connectivity index (χ4v) is 4.33. The van der Waals surface area contributed by atoms with Crippen LogP contribution in [0.1, 0.15) is 39.2 Å². The van der Waals surface area contributed by atoms with Gasteiger partial charge in [-0.25, -0.2) is 9.78 Å². The quantitative estimate of drug-likeness (QED) is 0.611. The molecule has 4 rings (SSSR count).